The number of hydrogen-bond acceptors (Lipinski definition) is 9. The molecule has 0 aliphatic carbocycles. The van der Waals surface area contributed by atoms with Crippen molar-refractivity contribution in [3.63, 3.8) is 0 Å². The van der Waals surface area contributed by atoms with Gasteiger partial charge in [-0.15, -0.1) is 6.58 Å². The highest BCUT2D eigenvalue weighted by Gasteiger charge is 2.37. The summed E-state index contributed by atoms with van der Waals surface area (Å²) in [7, 11) is 0. The average molecular weight is 596 g/mol. The van der Waals surface area contributed by atoms with Crippen LogP contribution in [0.3, 0.4) is 0 Å². The highest BCUT2D eigenvalue weighted by molar-refractivity contribution is 7.07. The second kappa shape index (κ2) is 11.2. The van der Waals surface area contributed by atoms with E-state index in [-0.39, 0.29) is 46.2 Å². The van der Waals surface area contributed by atoms with Gasteiger partial charge in [-0.1, -0.05) is 47.7 Å². The van der Waals surface area contributed by atoms with Gasteiger partial charge < -0.3 is 18.8 Å². The van der Waals surface area contributed by atoms with Gasteiger partial charge in [-0.25, -0.2) is 14.6 Å². The molecule has 6 rings (SSSR count). The largest absolute Gasteiger partial charge is 0.463 e. The van der Waals surface area contributed by atoms with Gasteiger partial charge in [0, 0.05) is 12.1 Å². The lowest BCUT2D eigenvalue weighted by Gasteiger charge is -2.24. The zero-order valence-corrected chi connectivity index (χ0v) is 24.1. The van der Waals surface area contributed by atoms with Crippen LogP contribution < -0.4 is 24.5 Å². The summed E-state index contributed by atoms with van der Waals surface area (Å²) in [6.45, 7) is 7.55. The molecule has 2 aliphatic heterocycles. The minimum absolute atomic E-state index is 0.0512. The molecule has 216 valence electrons. The van der Waals surface area contributed by atoms with Crippen molar-refractivity contribution in [2.24, 2.45) is 4.99 Å². The Morgan fingerprint density at radius 2 is 1.84 bits per heavy atom. The van der Waals surface area contributed by atoms with Gasteiger partial charge in [-0.2, -0.15) is 0 Å². The van der Waals surface area contributed by atoms with Gasteiger partial charge in [-0.3, -0.25) is 14.2 Å². The lowest BCUT2D eigenvalue weighted by atomic mass is 9.96. The predicted molar refractivity (Wildman–Crippen MR) is 158 cm³/mol. The quantitative estimate of drug-likeness (QED) is 0.182. The van der Waals surface area contributed by atoms with Crippen molar-refractivity contribution in [1.29, 1.82) is 0 Å². The van der Waals surface area contributed by atoms with Crippen molar-refractivity contribution < 1.29 is 28.3 Å². The molecule has 1 amide bonds. The monoisotopic (exact) mass is 595 g/mol. The summed E-state index contributed by atoms with van der Waals surface area (Å²) in [5, 5.41) is 0. The lowest BCUT2D eigenvalue weighted by molar-refractivity contribution is -0.139. The van der Waals surface area contributed by atoms with Crippen LogP contribution in [0.2, 0.25) is 0 Å². The maximum atomic E-state index is 14.2. The number of ether oxygens (including phenoxy) is 2. The van der Waals surface area contributed by atoms with Gasteiger partial charge in [0.15, 0.2) is 4.80 Å². The second-order valence-electron chi connectivity index (χ2n) is 9.66. The van der Waals surface area contributed by atoms with Gasteiger partial charge >= 0.3 is 11.9 Å². The van der Waals surface area contributed by atoms with E-state index in [1.54, 1.807) is 61.2 Å². The van der Waals surface area contributed by atoms with Crippen LogP contribution in [0.15, 0.2) is 105 Å². The summed E-state index contributed by atoms with van der Waals surface area (Å²) in [4.78, 5) is 60.0. The first-order chi connectivity index (χ1) is 20.8. The number of rotatable bonds is 7. The molecule has 4 heterocycles. The Bertz CT molecular complexity index is 2000. The molecular weight excluding hydrogens is 570 g/mol. The highest BCUT2D eigenvalue weighted by Crippen LogP contribution is 2.36. The zero-order valence-electron chi connectivity index (χ0n) is 23.2. The molecule has 2 aromatic carbocycles. The summed E-state index contributed by atoms with van der Waals surface area (Å²) in [6, 6.07) is 15.9. The highest BCUT2D eigenvalue weighted by atomic mass is 32.1. The summed E-state index contributed by atoms with van der Waals surface area (Å²) >= 11 is 1.09. The number of para-hydroxylation sites is 1. The molecule has 11 heteroatoms. The number of amides is 1. The minimum atomic E-state index is -0.907. The van der Waals surface area contributed by atoms with Crippen LogP contribution in [0.4, 0.5) is 5.69 Å². The van der Waals surface area contributed by atoms with E-state index in [2.05, 4.69) is 11.6 Å². The summed E-state index contributed by atoms with van der Waals surface area (Å²) in [6.07, 6.45) is 3.00. The van der Waals surface area contributed by atoms with E-state index in [4.69, 9.17) is 13.9 Å². The first-order valence-electron chi connectivity index (χ1n) is 13.4. The molecule has 2 aromatic heterocycles. The molecule has 43 heavy (non-hydrogen) atoms. The molecule has 0 unspecified atom stereocenters. The standard InChI is InChI=1S/C32H25N3O7S/c1-4-16-34-22-10-7-6-9-21(22)25(28(34)36)27-29(37)35-26(24(31(39)40-5-2)18(3)33-32(35)43-27)19-12-14-20(15-13-19)42-30(38)23-11-8-17-41-23/h4,6-15,17,26H,1,5,16H2,2-3H3/b27-25-/t26-/m1/s1. The van der Waals surface area contributed by atoms with E-state index in [0.29, 0.717) is 27.3 Å². The van der Waals surface area contributed by atoms with Crippen molar-refractivity contribution >= 4 is 40.4 Å². The van der Waals surface area contributed by atoms with Gasteiger partial charge in [0.25, 0.3) is 11.5 Å². The number of furan rings is 1. The third-order valence-electron chi connectivity index (χ3n) is 7.08. The van der Waals surface area contributed by atoms with Crippen molar-refractivity contribution in [3.05, 3.63) is 127 Å². The molecule has 1 atom stereocenters. The van der Waals surface area contributed by atoms with Crippen molar-refractivity contribution in [3.8, 4) is 5.75 Å². The Kier molecular flexibility index (Phi) is 7.24. The molecule has 4 aromatic rings. The van der Waals surface area contributed by atoms with Crippen LogP contribution in [0.25, 0.3) is 5.57 Å². The maximum Gasteiger partial charge on any atom is 0.379 e. The Hall–Kier alpha value is -5.29. The minimum Gasteiger partial charge on any atom is -0.463 e. The maximum absolute atomic E-state index is 14.2. The van der Waals surface area contributed by atoms with Crippen LogP contribution in [0.5, 0.6) is 5.75 Å². The smallest absolute Gasteiger partial charge is 0.379 e. The van der Waals surface area contributed by atoms with E-state index in [0.717, 1.165) is 11.3 Å². The fourth-order valence-electron chi connectivity index (χ4n) is 5.24. The number of fused-ring (bicyclic) bond motifs is 2. The Morgan fingerprint density at radius 3 is 2.53 bits per heavy atom. The van der Waals surface area contributed by atoms with Crippen LogP contribution in [-0.4, -0.2) is 35.6 Å². The van der Waals surface area contributed by atoms with E-state index in [1.165, 1.54) is 16.9 Å². The van der Waals surface area contributed by atoms with Gasteiger partial charge in [-0.05, 0) is 49.7 Å². The summed E-state index contributed by atoms with van der Waals surface area (Å²) in [5.74, 6) is -1.29. The van der Waals surface area contributed by atoms with Crippen LogP contribution >= 0.6 is 11.3 Å². The topological polar surface area (TPSA) is 120 Å². The van der Waals surface area contributed by atoms with Crippen molar-refractivity contribution in [1.82, 2.24) is 4.57 Å². The molecule has 0 fully saturated rings. The zero-order chi connectivity index (χ0) is 30.2. The van der Waals surface area contributed by atoms with Crippen LogP contribution in [0, 0.1) is 0 Å². The number of hydrogen-bond donors (Lipinski definition) is 0. The van der Waals surface area contributed by atoms with Crippen molar-refractivity contribution in [2.75, 3.05) is 18.1 Å². The molecule has 2 aliphatic rings. The Morgan fingerprint density at radius 1 is 1.07 bits per heavy atom. The van der Waals surface area contributed by atoms with E-state index >= 15 is 0 Å². The number of esters is 2. The molecule has 0 radical (unpaired) electrons. The third kappa shape index (κ3) is 4.73. The van der Waals surface area contributed by atoms with Gasteiger partial charge in [0.05, 0.1) is 41.4 Å². The number of aromatic nitrogens is 1. The number of thiazole rings is 1. The Balaban J connectivity index is 1.51. The fourth-order valence-corrected chi connectivity index (χ4v) is 6.37. The van der Waals surface area contributed by atoms with Gasteiger partial charge in [0.1, 0.15) is 10.3 Å². The van der Waals surface area contributed by atoms with Gasteiger partial charge in [0.2, 0.25) is 5.76 Å². The first-order valence-corrected chi connectivity index (χ1v) is 14.3. The molecular formula is C32H25N3O7S. The number of benzene rings is 2. The number of nitrogens with zero attached hydrogens (tertiary/aromatic N) is 3. The number of carbonyl (C=O) groups is 3. The van der Waals surface area contributed by atoms with E-state index < -0.39 is 23.5 Å². The third-order valence-corrected chi connectivity index (χ3v) is 8.14. The number of allylic oxidation sites excluding steroid dienone is 1. The van der Waals surface area contributed by atoms with Crippen molar-refractivity contribution in [2.45, 2.75) is 19.9 Å². The number of carbonyl (C=O) groups excluding carboxylic acids is 3. The molecule has 0 N–H and O–H groups in total. The van der Waals surface area contributed by atoms with Crippen LogP contribution in [-0.2, 0) is 14.3 Å². The molecule has 10 nitrogen and oxygen atoms in total. The lowest BCUT2D eigenvalue weighted by Crippen LogP contribution is -2.41. The molecule has 0 saturated carbocycles. The van der Waals surface area contributed by atoms with E-state index in [1.807, 2.05) is 18.2 Å². The van der Waals surface area contributed by atoms with Crippen LogP contribution in [0.1, 0.15) is 41.6 Å². The normalized spacial score (nSPS) is 16.8. The summed E-state index contributed by atoms with van der Waals surface area (Å²) in [5.41, 5.74) is 2.28. The molecule has 0 saturated heterocycles. The molecule has 0 spiro atoms. The average Bonchev–Trinajstić information content (AvgIpc) is 3.71. The first kappa shape index (κ1) is 27.9. The predicted octanol–water partition coefficient (Wildman–Crippen LogP) is 3.51. The second-order valence-corrected chi connectivity index (χ2v) is 10.6. The van der Waals surface area contributed by atoms with E-state index in [9.17, 15) is 19.2 Å². The Labute approximate surface area is 249 Å². The molecule has 0 bridgehead atoms. The SMILES string of the molecule is C=CCN1C(=O)/C(=c2\sc3n(c2=O)[C@H](c2ccc(OC(=O)c4ccco4)cc2)C(C(=O)OCC)=C(C)N=3)c2ccccc21. The summed E-state index contributed by atoms with van der Waals surface area (Å²) < 4.78 is 17.5. The fraction of sp³-hybridized carbons (Fsp3) is 0.156. The number of anilines is 1.